The maximum atomic E-state index is 11.2. The average molecular weight is 435 g/mol. The molecule has 4 rings (SSSR count). The van der Waals surface area contributed by atoms with Crippen LogP contribution in [-0.2, 0) is 4.79 Å². The fourth-order valence-electron chi connectivity index (χ4n) is 2.63. The number of hydrogen-bond acceptors (Lipinski definition) is 5. The van der Waals surface area contributed by atoms with Crippen molar-refractivity contribution in [1.82, 2.24) is 14.8 Å². The van der Waals surface area contributed by atoms with E-state index in [4.69, 9.17) is 28.9 Å². The number of primary amides is 1. The molecule has 0 aliphatic carbocycles. The van der Waals surface area contributed by atoms with Gasteiger partial charge in [-0.15, -0.1) is 21.5 Å². The molecule has 2 N–H and O–H groups in total. The van der Waals surface area contributed by atoms with E-state index in [0.717, 1.165) is 20.7 Å². The lowest BCUT2D eigenvalue weighted by Crippen LogP contribution is -2.13. The number of nitrogens with zero attached hydrogens (tertiary/aromatic N) is 3. The van der Waals surface area contributed by atoms with Crippen LogP contribution in [0.25, 0.3) is 26.5 Å². The molecule has 0 unspecified atom stereocenters. The molecule has 27 heavy (non-hydrogen) atoms. The number of carbonyl (C=O) groups excluding carboxylic acids is 1. The fourth-order valence-corrected chi connectivity index (χ4v) is 4.93. The monoisotopic (exact) mass is 434 g/mol. The summed E-state index contributed by atoms with van der Waals surface area (Å²) in [5.74, 6) is 0.286. The van der Waals surface area contributed by atoms with E-state index in [9.17, 15) is 4.79 Å². The minimum atomic E-state index is -0.424. The van der Waals surface area contributed by atoms with Gasteiger partial charge in [-0.05, 0) is 30.3 Å². The number of hydrogen-bond donors (Lipinski definition) is 1. The molecule has 136 valence electrons. The van der Waals surface area contributed by atoms with Crippen LogP contribution >= 0.6 is 46.3 Å². The molecule has 1 amide bonds. The van der Waals surface area contributed by atoms with Gasteiger partial charge in [-0.1, -0.05) is 53.2 Å². The minimum absolute atomic E-state index is 0.103. The smallest absolute Gasteiger partial charge is 0.227 e. The highest BCUT2D eigenvalue weighted by Crippen LogP contribution is 2.42. The van der Waals surface area contributed by atoms with E-state index in [2.05, 4.69) is 10.2 Å². The lowest BCUT2D eigenvalue weighted by molar-refractivity contribution is -0.115. The van der Waals surface area contributed by atoms with Crippen molar-refractivity contribution in [2.45, 2.75) is 5.16 Å². The van der Waals surface area contributed by atoms with Gasteiger partial charge in [0.15, 0.2) is 11.0 Å². The van der Waals surface area contributed by atoms with E-state index in [1.54, 1.807) is 23.5 Å². The van der Waals surface area contributed by atoms with Crippen molar-refractivity contribution in [3.63, 3.8) is 0 Å². The standard InChI is InChI=1S/C18H12Cl2N4OS2/c19-10-5-7-11(8-6-10)24-17(22-23-18(24)26-9-14(21)25)16-15(20)12-3-1-2-4-13(12)27-16/h1-8H,9H2,(H2,21,25). The molecule has 0 spiro atoms. The Morgan fingerprint density at radius 2 is 1.85 bits per heavy atom. The molecular weight excluding hydrogens is 423 g/mol. The Kier molecular flexibility index (Phi) is 5.10. The Bertz CT molecular complexity index is 1140. The number of fused-ring (bicyclic) bond motifs is 1. The van der Waals surface area contributed by atoms with Crippen LogP contribution in [-0.4, -0.2) is 26.4 Å². The molecule has 9 heteroatoms. The van der Waals surface area contributed by atoms with Crippen LogP contribution in [0.3, 0.4) is 0 Å². The van der Waals surface area contributed by atoms with E-state index < -0.39 is 5.91 Å². The van der Waals surface area contributed by atoms with Gasteiger partial charge < -0.3 is 5.73 Å². The normalized spacial score (nSPS) is 11.2. The maximum absolute atomic E-state index is 11.2. The second kappa shape index (κ2) is 7.52. The molecule has 0 saturated heterocycles. The van der Waals surface area contributed by atoms with Gasteiger partial charge >= 0.3 is 0 Å². The predicted octanol–water partition coefficient (Wildman–Crippen LogP) is 5.03. The van der Waals surface area contributed by atoms with Crippen LogP contribution < -0.4 is 5.73 Å². The van der Waals surface area contributed by atoms with Crippen LogP contribution in [0, 0.1) is 0 Å². The van der Waals surface area contributed by atoms with Crippen LogP contribution in [0.1, 0.15) is 0 Å². The summed E-state index contributed by atoms with van der Waals surface area (Å²) in [7, 11) is 0. The van der Waals surface area contributed by atoms with Crippen LogP contribution in [0.2, 0.25) is 10.0 Å². The first-order chi connectivity index (χ1) is 13.0. The number of amides is 1. The third-order valence-electron chi connectivity index (χ3n) is 3.80. The van der Waals surface area contributed by atoms with E-state index in [0.29, 0.717) is 21.0 Å². The van der Waals surface area contributed by atoms with Gasteiger partial charge in [0.05, 0.1) is 15.7 Å². The zero-order valence-electron chi connectivity index (χ0n) is 13.7. The number of rotatable bonds is 5. The van der Waals surface area contributed by atoms with Crippen molar-refractivity contribution in [3.8, 4) is 16.4 Å². The van der Waals surface area contributed by atoms with Crippen molar-refractivity contribution in [2.24, 2.45) is 5.73 Å². The number of thioether (sulfide) groups is 1. The highest BCUT2D eigenvalue weighted by atomic mass is 35.5. The number of benzene rings is 2. The third kappa shape index (κ3) is 3.55. The SMILES string of the molecule is NC(=O)CSc1nnc(-c2sc3ccccc3c2Cl)n1-c1ccc(Cl)cc1. The molecular formula is C18H12Cl2N4OS2. The lowest BCUT2D eigenvalue weighted by Gasteiger charge is -2.09. The first-order valence-electron chi connectivity index (χ1n) is 7.84. The largest absolute Gasteiger partial charge is 0.369 e. The van der Waals surface area contributed by atoms with Crippen molar-refractivity contribution >= 4 is 62.3 Å². The number of carbonyl (C=O) groups is 1. The topological polar surface area (TPSA) is 73.8 Å². The summed E-state index contributed by atoms with van der Waals surface area (Å²) in [6.07, 6.45) is 0. The van der Waals surface area contributed by atoms with Crippen LogP contribution in [0.15, 0.2) is 53.7 Å². The summed E-state index contributed by atoms with van der Waals surface area (Å²) in [6, 6.07) is 15.2. The van der Waals surface area contributed by atoms with Crippen molar-refractivity contribution in [2.75, 3.05) is 5.75 Å². The second-order valence-electron chi connectivity index (χ2n) is 5.61. The van der Waals surface area contributed by atoms with E-state index in [1.807, 2.05) is 41.0 Å². The van der Waals surface area contributed by atoms with Crippen molar-refractivity contribution in [1.29, 1.82) is 0 Å². The zero-order valence-corrected chi connectivity index (χ0v) is 16.9. The molecule has 0 atom stereocenters. The van der Waals surface area contributed by atoms with Crippen molar-refractivity contribution < 1.29 is 4.79 Å². The number of aromatic nitrogens is 3. The molecule has 2 heterocycles. The molecule has 2 aromatic heterocycles. The molecule has 0 saturated carbocycles. The molecule has 0 fully saturated rings. The predicted molar refractivity (Wildman–Crippen MR) is 112 cm³/mol. The fraction of sp³-hybridized carbons (Fsp3) is 0.0556. The summed E-state index contributed by atoms with van der Waals surface area (Å²) in [4.78, 5) is 12.0. The molecule has 0 bridgehead atoms. The van der Waals surface area contributed by atoms with Gasteiger partial charge in [0.25, 0.3) is 0 Å². The number of thiophene rings is 1. The Labute approximate surface area is 173 Å². The highest BCUT2D eigenvalue weighted by Gasteiger charge is 2.22. The first-order valence-corrected chi connectivity index (χ1v) is 10.4. The second-order valence-corrected chi connectivity index (χ2v) is 8.42. The van der Waals surface area contributed by atoms with Gasteiger partial charge in [0.2, 0.25) is 5.91 Å². The third-order valence-corrected chi connectivity index (χ3v) is 6.67. The molecule has 0 aliphatic heterocycles. The van der Waals surface area contributed by atoms with Gasteiger partial charge in [0.1, 0.15) is 0 Å². The van der Waals surface area contributed by atoms with Crippen molar-refractivity contribution in [3.05, 3.63) is 58.6 Å². The number of nitrogens with two attached hydrogens (primary N) is 1. The molecule has 4 aromatic rings. The van der Waals surface area contributed by atoms with Gasteiger partial charge in [-0.25, -0.2) is 0 Å². The first kappa shape index (κ1) is 18.3. The molecule has 0 radical (unpaired) electrons. The lowest BCUT2D eigenvalue weighted by atomic mass is 10.2. The Hall–Kier alpha value is -2.06. The quantitative estimate of drug-likeness (QED) is 0.446. The zero-order chi connectivity index (χ0) is 19.0. The summed E-state index contributed by atoms with van der Waals surface area (Å²) >= 11 is 15.4. The molecule has 5 nitrogen and oxygen atoms in total. The molecule has 2 aromatic carbocycles. The van der Waals surface area contributed by atoms with Gasteiger partial charge in [-0.2, -0.15) is 0 Å². The Morgan fingerprint density at radius 3 is 2.56 bits per heavy atom. The number of halogens is 2. The van der Waals surface area contributed by atoms with E-state index >= 15 is 0 Å². The molecule has 0 aliphatic rings. The van der Waals surface area contributed by atoms with Crippen LogP contribution in [0.5, 0.6) is 0 Å². The minimum Gasteiger partial charge on any atom is -0.369 e. The summed E-state index contributed by atoms with van der Waals surface area (Å²) in [6.45, 7) is 0. The van der Waals surface area contributed by atoms with E-state index in [1.165, 1.54) is 11.8 Å². The average Bonchev–Trinajstić information content (AvgIpc) is 3.22. The summed E-state index contributed by atoms with van der Waals surface area (Å²) < 4.78 is 2.93. The maximum Gasteiger partial charge on any atom is 0.227 e. The van der Waals surface area contributed by atoms with Crippen LogP contribution in [0.4, 0.5) is 0 Å². The Balaban J connectivity index is 1.90. The van der Waals surface area contributed by atoms with Gasteiger partial charge in [0, 0.05) is 20.8 Å². The Morgan fingerprint density at radius 1 is 1.11 bits per heavy atom. The summed E-state index contributed by atoms with van der Waals surface area (Å²) in [5, 5.41) is 11.4. The van der Waals surface area contributed by atoms with Gasteiger partial charge in [-0.3, -0.25) is 9.36 Å². The highest BCUT2D eigenvalue weighted by molar-refractivity contribution is 7.99. The van der Waals surface area contributed by atoms with E-state index in [-0.39, 0.29) is 5.75 Å². The summed E-state index contributed by atoms with van der Waals surface area (Å²) in [5.41, 5.74) is 6.11.